The van der Waals surface area contributed by atoms with E-state index in [1.807, 2.05) is 29.2 Å². The number of fused-ring (bicyclic) bond motifs is 1. The van der Waals surface area contributed by atoms with E-state index in [4.69, 9.17) is 0 Å². The van der Waals surface area contributed by atoms with E-state index in [1.54, 1.807) is 18.6 Å². The van der Waals surface area contributed by atoms with Crippen molar-refractivity contribution in [1.82, 2.24) is 15.2 Å². The van der Waals surface area contributed by atoms with Crippen LogP contribution < -0.4 is 10.2 Å². The molecule has 0 radical (unpaired) electrons. The molecule has 0 spiro atoms. The first-order chi connectivity index (χ1) is 12.2. The van der Waals surface area contributed by atoms with Gasteiger partial charge in [0.25, 0.3) is 5.91 Å². The van der Waals surface area contributed by atoms with Gasteiger partial charge in [-0.1, -0.05) is 17.7 Å². The number of H-pyrrole nitrogens is 1. The first-order valence-electron chi connectivity index (χ1n) is 8.29. The number of pyridine rings is 1. The Bertz CT molecular complexity index is 904. The molecule has 3 aromatic rings. The Kier molecular flexibility index (Phi) is 3.93. The smallest absolute Gasteiger partial charge is 0.258 e. The zero-order chi connectivity index (χ0) is 17.2. The molecule has 6 nitrogen and oxygen atoms in total. The Morgan fingerprint density at radius 3 is 3.00 bits per heavy atom. The zero-order valence-electron chi connectivity index (χ0n) is 14.0. The van der Waals surface area contributed by atoms with Gasteiger partial charge < -0.3 is 10.2 Å². The first kappa shape index (κ1) is 15.4. The average Bonchev–Trinajstić information content (AvgIpc) is 3.14. The number of nitrogens with zero attached hydrogens (tertiary/aromatic N) is 3. The van der Waals surface area contributed by atoms with Crippen LogP contribution in [0.3, 0.4) is 0 Å². The lowest BCUT2D eigenvalue weighted by molar-refractivity contribution is 0.0980. The molecular formula is C19H19N5O. The summed E-state index contributed by atoms with van der Waals surface area (Å²) in [6.07, 6.45) is 6.11. The molecule has 1 aliphatic rings. The molecule has 6 heteroatoms. The number of hydrogen-bond donors (Lipinski definition) is 2. The van der Waals surface area contributed by atoms with E-state index in [9.17, 15) is 4.79 Å². The highest BCUT2D eigenvalue weighted by Crippen LogP contribution is 2.25. The molecule has 2 N–H and O–H groups in total. The molecule has 1 aliphatic heterocycles. The average molecular weight is 333 g/mol. The molecule has 0 saturated carbocycles. The summed E-state index contributed by atoms with van der Waals surface area (Å²) in [5, 5.41) is 10.0. The van der Waals surface area contributed by atoms with Crippen LogP contribution in [0.1, 0.15) is 27.0 Å². The number of carbonyl (C=O) groups is 1. The molecule has 4 rings (SSSR count). The number of hydrogen-bond acceptors (Lipinski definition) is 4. The van der Waals surface area contributed by atoms with E-state index < -0.39 is 0 Å². The van der Waals surface area contributed by atoms with Crippen LogP contribution in [0.2, 0.25) is 0 Å². The van der Waals surface area contributed by atoms with Crippen molar-refractivity contribution in [2.24, 2.45) is 0 Å². The van der Waals surface area contributed by atoms with E-state index in [-0.39, 0.29) is 5.91 Å². The highest BCUT2D eigenvalue weighted by molar-refractivity contribution is 6.08. The van der Waals surface area contributed by atoms with Gasteiger partial charge in [-0.25, -0.2) is 0 Å². The highest BCUT2D eigenvalue weighted by atomic mass is 16.2. The maximum atomic E-state index is 12.9. The van der Waals surface area contributed by atoms with Gasteiger partial charge in [0.15, 0.2) is 0 Å². The quantitative estimate of drug-likeness (QED) is 0.770. The molecular weight excluding hydrogens is 314 g/mol. The number of rotatable bonds is 4. The van der Waals surface area contributed by atoms with Gasteiger partial charge in [-0.05, 0) is 42.7 Å². The Labute approximate surface area is 145 Å². The van der Waals surface area contributed by atoms with Gasteiger partial charge in [0, 0.05) is 24.8 Å². The van der Waals surface area contributed by atoms with Crippen molar-refractivity contribution in [3.05, 3.63) is 71.2 Å². The van der Waals surface area contributed by atoms with Crippen LogP contribution in [0, 0.1) is 6.92 Å². The van der Waals surface area contributed by atoms with Crippen molar-refractivity contribution < 1.29 is 4.79 Å². The molecule has 0 unspecified atom stereocenters. The summed E-state index contributed by atoms with van der Waals surface area (Å²) in [6.45, 7) is 3.34. The lowest BCUT2D eigenvalue weighted by Gasteiger charge is -2.29. The summed E-state index contributed by atoms with van der Waals surface area (Å²) in [4.78, 5) is 19.0. The summed E-state index contributed by atoms with van der Waals surface area (Å²) < 4.78 is 0. The normalized spacial score (nSPS) is 13.6. The fraction of sp³-hybridized carbons (Fsp3) is 0.211. The Balaban J connectivity index is 1.55. The van der Waals surface area contributed by atoms with Crippen molar-refractivity contribution in [2.45, 2.75) is 19.9 Å². The minimum atomic E-state index is 0.0433. The second kappa shape index (κ2) is 6.39. The van der Waals surface area contributed by atoms with Crippen LogP contribution in [0.4, 0.5) is 11.5 Å². The summed E-state index contributed by atoms with van der Waals surface area (Å²) in [7, 11) is 0. The van der Waals surface area contributed by atoms with E-state index in [1.165, 1.54) is 5.56 Å². The molecule has 1 amide bonds. The first-order valence-corrected chi connectivity index (χ1v) is 8.29. The Hall–Kier alpha value is -3.15. The number of aromatic nitrogens is 3. The molecule has 0 atom stereocenters. The van der Waals surface area contributed by atoms with Crippen molar-refractivity contribution in [3.8, 4) is 0 Å². The predicted molar refractivity (Wildman–Crippen MR) is 96.7 cm³/mol. The van der Waals surface area contributed by atoms with Crippen molar-refractivity contribution in [1.29, 1.82) is 0 Å². The fourth-order valence-corrected chi connectivity index (χ4v) is 3.13. The maximum absolute atomic E-state index is 12.9. The lowest BCUT2D eigenvalue weighted by Crippen LogP contribution is -2.37. The molecule has 1 aromatic carbocycles. The molecule has 25 heavy (non-hydrogen) atoms. The van der Waals surface area contributed by atoms with Crippen molar-refractivity contribution >= 4 is 17.4 Å². The van der Waals surface area contributed by atoms with Gasteiger partial charge in [-0.3, -0.25) is 14.9 Å². The third-order valence-corrected chi connectivity index (χ3v) is 4.42. The van der Waals surface area contributed by atoms with Crippen molar-refractivity contribution in [3.63, 3.8) is 0 Å². The summed E-state index contributed by atoms with van der Waals surface area (Å²) in [5.74, 6) is 0.894. The number of benzene rings is 1. The lowest BCUT2D eigenvalue weighted by atomic mass is 9.96. The molecule has 0 bridgehead atoms. The fourth-order valence-electron chi connectivity index (χ4n) is 3.13. The number of aryl methyl sites for hydroxylation is 1. The standard InChI is InChI=1S/C19H19N5O/c1-13-2-3-17-15(8-13)5-7-24(19(17)25)16-9-14(10-20-12-16)11-21-18-4-6-22-23-18/h2-4,6,8-10,12H,5,7,11H2,1H3,(H2,21,22,23). The predicted octanol–water partition coefficient (Wildman–Crippen LogP) is 2.93. The number of carbonyl (C=O) groups excluding carboxylic acids is 1. The second-order valence-electron chi connectivity index (χ2n) is 6.24. The third-order valence-electron chi connectivity index (χ3n) is 4.42. The molecule has 3 heterocycles. The van der Waals surface area contributed by atoms with E-state index >= 15 is 0 Å². The zero-order valence-corrected chi connectivity index (χ0v) is 14.0. The monoisotopic (exact) mass is 333 g/mol. The Morgan fingerprint density at radius 2 is 2.16 bits per heavy atom. The van der Waals surface area contributed by atoms with Crippen LogP contribution in [0.25, 0.3) is 0 Å². The second-order valence-corrected chi connectivity index (χ2v) is 6.24. The van der Waals surface area contributed by atoms with Gasteiger partial charge in [0.1, 0.15) is 5.82 Å². The topological polar surface area (TPSA) is 73.9 Å². The SMILES string of the molecule is Cc1ccc2c(c1)CCN(c1cncc(CNc3ccn[nH]3)c1)C2=O. The molecule has 0 saturated heterocycles. The highest BCUT2D eigenvalue weighted by Gasteiger charge is 2.25. The van der Waals surface area contributed by atoms with Crippen LogP contribution >= 0.6 is 0 Å². The summed E-state index contributed by atoms with van der Waals surface area (Å²) in [6, 6.07) is 9.89. The van der Waals surface area contributed by atoms with Gasteiger partial charge in [0.05, 0.1) is 18.1 Å². The minimum Gasteiger partial charge on any atom is -0.366 e. The van der Waals surface area contributed by atoms with Crippen LogP contribution in [-0.2, 0) is 13.0 Å². The minimum absolute atomic E-state index is 0.0433. The Morgan fingerprint density at radius 1 is 1.24 bits per heavy atom. The summed E-state index contributed by atoms with van der Waals surface area (Å²) in [5.41, 5.74) is 4.95. The number of aromatic amines is 1. The molecule has 126 valence electrons. The molecule has 0 aliphatic carbocycles. The number of nitrogens with one attached hydrogen (secondary N) is 2. The number of amides is 1. The summed E-state index contributed by atoms with van der Waals surface area (Å²) >= 11 is 0. The van der Waals surface area contributed by atoms with E-state index in [0.717, 1.165) is 34.6 Å². The maximum Gasteiger partial charge on any atom is 0.258 e. The third kappa shape index (κ3) is 3.10. The van der Waals surface area contributed by atoms with E-state index in [0.29, 0.717) is 13.1 Å². The molecule has 0 fully saturated rings. The van der Waals surface area contributed by atoms with Crippen LogP contribution in [-0.4, -0.2) is 27.6 Å². The number of anilines is 2. The van der Waals surface area contributed by atoms with E-state index in [2.05, 4.69) is 33.5 Å². The van der Waals surface area contributed by atoms with Crippen molar-refractivity contribution in [2.75, 3.05) is 16.8 Å². The van der Waals surface area contributed by atoms with Crippen LogP contribution in [0.15, 0.2) is 48.9 Å². The van der Waals surface area contributed by atoms with Crippen LogP contribution in [0.5, 0.6) is 0 Å². The van der Waals surface area contributed by atoms with Gasteiger partial charge in [0.2, 0.25) is 0 Å². The largest absolute Gasteiger partial charge is 0.366 e. The van der Waals surface area contributed by atoms with Gasteiger partial charge >= 0.3 is 0 Å². The van der Waals surface area contributed by atoms with Gasteiger partial charge in [-0.2, -0.15) is 5.10 Å². The van der Waals surface area contributed by atoms with Gasteiger partial charge in [-0.15, -0.1) is 0 Å². The molecule has 2 aromatic heterocycles.